The first-order chi connectivity index (χ1) is 16.2. The third kappa shape index (κ3) is 11.8. The molecule has 0 aromatic heterocycles. The molecule has 4 atom stereocenters. The molecular weight excluding hydrogens is 456 g/mol. The number of ether oxygens (including phenoxy) is 3. The number of hydrogen-bond donors (Lipinski definition) is 0. The average Bonchev–Trinajstić information content (AvgIpc) is 3.04. The topological polar surface area (TPSA) is 54.0 Å². The van der Waals surface area contributed by atoms with Crippen LogP contribution in [-0.4, -0.2) is 44.5 Å². The maximum absolute atomic E-state index is 13.0. The molecule has 0 aromatic rings. The number of carbonyl (C=O) groups excluding carboxylic acids is 1. The molecule has 35 heavy (non-hydrogen) atoms. The maximum atomic E-state index is 13.0. The van der Waals surface area contributed by atoms with E-state index in [1.807, 2.05) is 13.8 Å². The van der Waals surface area contributed by atoms with Crippen molar-refractivity contribution in [3.05, 3.63) is 25.3 Å². The zero-order valence-electron chi connectivity index (χ0n) is 24.0. The van der Waals surface area contributed by atoms with Crippen LogP contribution in [0.5, 0.6) is 0 Å². The molecular formula is C29H54O5Si. The fraction of sp³-hybridized carbons (Fsp3) is 0.828. The highest BCUT2D eigenvalue weighted by Crippen LogP contribution is 2.38. The fourth-order valence-electron chi connectivity index (χ4n) is 4.18. The molecule has 5 nitrogen and oxygen atoms in total. The van der Waals surface area contributed by atoms with Crippen molar-refractivity contribution in [1.82, 2.24) is 0 Å². The summed E-state index contributed by atoms with van der Waals surface area (Å²) in [6.45, 7) is 24.8. The minimum atomic E-state index is -2.02. The van der Waals surface area contributed by atoms with Gasteiger partial charge in [0.05, 0.1) is 18.6 Å². The van der Waals surface area contributed by atoms with Gasteiger partial charge in [0.1, 0.15) is 12.2 Å². The van der Waals surface area contributed by atoms with Crippen LogP contribution >= 0.6 is 0 Å². The van der Waals surface area contributed by atoms with Crippen LogP contribution in [0, 0.1) is 0 Å². The monoisotopic (exact) mass is 510 g/mol. The predicted octanol–water partition coefficient (Wildman–Crippen LogP) is 8.10. The van der Waals surface area contributed by atoms with Gasteiger partial charge in [-0.15, -0.1) is 13.2 Å². The Bertz CT molecular complexity index is 652. The summed E-state index contributed by atoms with van der Waals surface area (Å²) in [5.74, 6) is -0.905. The Morgan fingerprint density at radius 1 is 1.06 bits per heavy atom. The third-order valence-corrected chi connectivity index (χ3v) is 11.8. The van der Waals surface area contributed by atoms with Gasteiger partial charge in [0.15, 0.2) is 14.1 Å². The summed E-state index contributed by atoms with van der Waals surface area (Å²) in [6.07, 6.45) is 12.7. The predicted molar refractivity (Wildman–Crippen MR) is 148 cm³/mol. The van der Waals surface area contributed by atoms with Gasteiger partial charge < -0.3 is 18.6 Å². The van der Waals surface area contributed by atoms with E-state index in [1.165, 1.54) is 32.1 Å². The molecule has 1 aliphatic rings. The first-order valence-electron chi connectivity index (χ1n) is 13.7. The van der Waals surface area contributed by atoms with Crippen LogP contribution in [0.4, 0.5) is 0 Å². The van der Waals surface area contributed by atoms with Crippen molar-refractivity contribution in [2.24, 2.45) is 0 Å². The van der Waals surface area contributed by atoms with E-state index in [4.69, 9.17) is 18.6 Å². The molecule has 0 spiro atoms. The van der Waals surface area contributed by atoms with Crippen LogP contribution < -0.4 is 0 Å². The Kier molecular flexibility index (Phi) is 13.5. The number of unbranched alkanes of at least 4 members (excludes halogenated alkanes) is 6. The molecule has 0 radical (unpaired) electrons. The highest BCUT2D eigenvalue weighted by atomic mass is 28.4. The van der Waals surface area contributed by atoms with E-state index in [0.717, 1.165) is 19.3 Å². The average molecular weight is 511 g/mol. The molecule has 0 amide bonds. The van der Waals surface area contributed by atoms with Gasteiger partial charge in [-0.2, -0.15) is 0 Å². The second-order valence-electron chi connectivity index (χ2n) is 12.0. The molecule has 204 valence electrons. The molecule has 0 unspecified atom stereocenters. The van der Waals surface area contributed by atoms with Gasteiger partial charge in [-0.1, -0.05) is 78.4 Å². The van der Waals surface area contributed by atoms with Crippen LogP contribution in [-0.2, 0) is 23.4 Å². The molecule has 1 fully saturated rings. The highest BCUT2D eigenvalue weighted by Gasteiger charge is 2.42. The van der Waals surface area contributed by atoms with Crippen LogP contribution in [0.2, 0.25) is 18.1 Å². The fourth-order valence-corrected chi connectivity index (χ4v) is 5.47. The molecule has 0 N–H and O–H groups in total. The van der Waals surface area contributed by atoms with Gasteiger partial charge in [0.2, 0.25) is 0 Å². The zero-order valence-corrected chi connectivity index (χ0v) is 25.0. The molecule has 0 bridgehead atoms. The second kappa shape index (κ2) is 14.7. The standard InChI is InChI=1S/C29H54O5Si/c1-11-14-15-16-17-18-19-20-24(21-26-25(13-3)32-29(7,8)33-26)31-27(30)22-23(12-2)34-35(9,10)28(4,5)6/h12-13,23-26H,2-3,11,14-22H2,1,4-10H3/t23-,24-,25+,26+/m0/s1. The van der Waals surface area contributed by atoms with E-state index in [0.29, 0.717) is 6.42 Å². The Morgan fingerprint density at radius 3 is 2.20 bits per heavy atom. The van der Waals surface area contributed by atoms with Crippen LogP contribution in [0.15, 0.2) is 25.3 Å². The van der Waals surface area contributed by atoms with Crippen molar-refractivity contribution in [3.63, 3.8) is 0 Å². The van der Waals surface area contributed by atoms with Crippen molar-refractivity contribution in [3.8, 4) is 0 Å². The van der Waals surface area contributed by atoms with Crippen molar-refractivity contribution >= 4 is 14.3 Å². The summed E-state index contributed by atoms with van der Waals surface area (Å²) < 4.78 is 24.5. The van der Waals surface area contributed by atoms with E-state index >= 15 is 0 Å². The summed E-state index contributed by atoms with van der Waals surface area (Å²) in [6, 6.07) is 0. The van der Waals surface area contributed by atoms with E-state index in [-0.39, 0.29) is 41.8 Å². The quantitative estimate of drug-likeness (QED) is 0.0856. The van der Waals surface area contributed by atoms with Gasteiger partial charge in [0, 0.05) is 6.42 Å². The molecule has 0 aliphatic carbocycles. The van der Waals surface area contributed by atoms with Gasteiger partial charge in [0.25, 0.3) is 0 Å². The van der Waals surface area contributed by atoms with E-state index in [1.54, 1.807) is 12.2 Å². The van der Waals surface area contributed by atoms with Crippen molar-refractivity contribution in [2.45, 2.75) is 154 Å². The molecule has 0 saturated carbocycles. The minimum absolute atomic E-state index is 0.0597. The molecule has 1 saturated heterocycles. The van der Waals surface area contributed by atoms with Crippen LogP contribution in [0.3, 0.4) is 0 Å². The van der Waals surface area contributed by atoms with Crippen molar-refractivity contribution < 1.29 is 23.4 Å². The number of rotatable bonds is 17. The molecule has 1 rings (SSSR count). The Morgan fingerprint density at radius 2 is 1.66 bits per heavy atom. The molecule has 1 aliphatic heterocycles. The lowest BCUT2D eigenvalue weighted by Gasteiger charge is -2.38. The van der Waals surface area contributed by atoms with Crippen molar-refractivity contribution in [2.75, 3.05) is 0 Å². The van der Waals surface area contributed by atoms with E-state index in [9.17, 15) is 4.79 Å². The second-order valence-corrected chi connectivity index (χ2v) is 16.7. The Labute approximate surface area is 217 Å². The van der Waals surface area contributed by atoms with Crippen LogP contribution in [0.1, 0.15) is 106 Å². The van der Waals surface area contributed by atoms with Gasteiger partial charge in [-0.3, -0.25) is 4.79 Å². The summed E-state index contributed by atoms with van der Waals surface area (Å²) in [5.41, 5.74) is 0. The Balaban J connectivity index is 2.75. The largest absolute Gasteiger partial charge is 0.462 e. The first-order valence-corrected chi connectivity index (χ1v) is 16.6. The number of esters is 1. The molecule has 1 heterocycles. The van der Waals surface area contributed by atoms with Gasteiger partial charge in [-0.05, 0) is 44.8 Å². The summed E-state index contributed by atoms with van der Waals surface area (Å²) in [4.78, 5) is 13.0. The zero-order chi connectivity index (χ0) is 26.7. The van der Waals surface area contributed by atoms with Crippen molar-refractivity contribution in [1.29, 1.82) is 0 Å². The maximum Gasteiger partial charge on any atom is 0.308 e. The van der Waals surface area contributed by atoms with Gasteiger partial charge >= 0.3 is 5.97 Å². The normalized spacial score (nSPS) is 21.9. The summed E-state index contributed by atoms with van der Waals surface area (Å²) in [7, 11) is -2.02. The number of carbonyl (C=O) groups is 1. The first kappa shape index (κ1) is 32.1. The smallest absolute Gasteiger partial charge is 0.308 e. The molecule has 6 heteroatoms. The highest BCUT2D eigenvalue weighted by molar-refractivity contribution is 6.74. The summed E-state index contributed by atoms with van der Waals surface area (Å²) in [5, 5.41) is 0.0597. The SMILES string of the molecule is C=C[C@@H](CC(=O)O[C@@H](CCCCCCCCC)C[C@H]1OC(C)(C)O[C@@H]1C=C)O[Si](C)(C)C(C)(C)C. The minimum Gasteiger partial charge on any atom is -0.462 e. The lowest BCUT2D eigenvalue weighted by molar-refractivity contribution is -0.157. The number of hydrogen-bond acceptors (Lipinski definition) is 5. The lowest BCUT2D eigenvalue weighted by Crippen LogP contribution is -2.44. The van der Waals surface area contributed by atoms with Crippen LogP contribution in [0.25, 0.3) is 0 Å². The van der Waals surface area contributed by atoms with E-state index < -0.39 is 14.1 Å². The van der Waals surface area contributed by atoms with E-state index in [2.05, 4.69) is 53.9 Å². The third-order valence-electron chi connectivity index (χ3n) is 7.26. The lowest BCUT2D eigenvalue weighted by atomic mass is 10.0. The van der Waals surface area contributed by atoms with Gasteiger partial charge in [-0.25, -0.2) is 0 Å². The Hall–Kier alpha value is -0.953. The summed E-state index contributed by atoms with van der Waals surface area (Å²) >= 11 is 0. The molecule has 0 aromatic carbocycles.